The summed E-state index contributed by atoms with van der Waals surface area (Å²) in [6.07, 6.45) is 2.50. The van der Waals surface area contributed by atoms with E-state index in [9.17, 15) is 4.39 Å². The van der Waals surface area contributed by atoms with Gasteiger partial charge < -0.3 is 10.2 Å². The van der Waals surface area contributed by atoms with Crippen molar-refractivity contribution in [3.05, 3.63) is 34.6 Å². The van der Waals surface area contributed by atoms with Gasteiger partial charge in [-0.05, 0) is 57.0 Å². The Hall–Kier alpha value is -0.930. The van der Waals surface area contributed by atoms with E-state index in [-0.39, 0.29) is 5.82 Å². The van der Waals surface area contributed by atoms with Crippen LogP contribution >= 0.6 is 0 Å². The maximum absolute atomic E-state index is 13.5. The van der Waals surface area contributed by atoms with Crippen molar-refractivity contribution in [3.8, 4) is 0 Å². The number of piperidine rings is 1. The van der Waals surface area contributed by atoms with Crippen LogP contribution in [0.3, 0.4) is 0 Å². The van der Waals surface area contributed by atoms with Gasteiger partial charge in [0, 0.05) is 19.1 Å². The van der Waals surface area contributed by atoms with Gasteiger partial charge in [0.1, 0.15) is 5.82 Å². The largest absolute Gasteiger partial charge is 0.309 e. The van der Waals surface area contributed by atoms with Crippen molar-refractivity contribution in [1.82, 2.24) is 10.2 Å². The van der Waals surface area contributed by atoms with Crippen LogP contribution in [0.2, 0.25) is 0 Å². The summed E-state index contributed by atoms with van der Waals surface area (Å²) in [6.45, 7) is 6.81. The number of likely N-dealkylation sites (N-methyl/N-ethyl adjacent to an activating group) is 1. The van der Waals surface area contributed by atoms with E-state index in [4.69, 9.17) is 0 Å². The maximum atomic E-state index is 13.5. The molecule has 2 nitrogen and oxygen atoms in total. The van der Waals surface area contributed by atoms with E-state index >= 15 is 0 Å². The predicted octanol–water partition coefficient (Wildman–Crippen LogP) is 2.63. The molecule has 1 N–H and O–H groups in total. The number of likely N-dealkylation sites (tertiary alicyclic amines) is 1. The monoisotopic (exact) mass is 250 g/mol. The van der Waals surface area contributed by atoms with Gasteiger partial charge in [0.25, 0.3) is 0 Å². The number of hydrogen-bond acceptors (Lipinski definition) is 2. The minimum absolute atomic E-state index is 0.0730. The average molecular weight is 250 g/mol. The molecule has 1 fully saturated rings. The van der Waals surface area contributed by atoms with E-state index in [1.807, 2.05) is 26.0 Å². The van der Waals surface area contributed by atoms with Crippen LogP contribution in [-0.2, 0) is 6.54 Å². The van der Waals surface area contributed by atoms with Crippen molar-refractivity contribution in [2.24, 2.45) is 0 Å². The molecule has 0 spiro atoms. The summed E-state index contributed by atoms with van der Waals surface area (Å²) >= 11 is 0. The third-order valence-corrected chi connectivity index (χ3v) is 3.72. The SMILES string of the molecule is Cc1cc(CNC2CCCN(C)C2)cc(C)c1F. The molecule has 0 radical (unpaired) electrons. The van der Waals surface area contributed by atoms with Crippen LogP contribution in [0.5, 0.6) is 0 Å². The first-order chi connectivity index (χ1) is 8.56. The van der Waals surface area contributed by atoms with Crippen LogP contribution in [0.1, 0.15) is 29.5 Å². The summed E-state index contributed by atoms with van der Waals surface area (Å²) in [6, 6.07) is 4.46. The molecule has 2 rings (SSSR count). The quantitative estimate of drug-likeness (QED) is 0.887. The molecule has 18 heavy (non-hydrogen) atoms. The Labute approximate surface area is 109 Å². The van der Waals surface area contributed by atoms with Crippen LogP contribution in [-0.4, -0.2) is 31.1 Å². The van der Waals surface area contributed by atoms with Gasteiger partial charge in [-0.15, -0.1) is 0 Å². The molecule has 1 aromatic carbocycles. The number of nitrogens with zero attached hydrogens (tertiary/aromatic N) is 1. The van der Waals surface area contributed by atoms with E-state index in [2.05, 4.69) is 17.3 Å². The molecule has 1 aliphatic heterocycles. The lowest BCUT2D eigenvalue weighted by molar-refractivity contribution is 0.226. The van der Waals surface area contributed by atoms with E-state index in [0.29, 0.717) is 6.04 Å². The first-order valence-corrected chi connectivity index (χ1v) is 6.74. The van der Waals surface area contributed by atoms with Gasteiger partial charge in [0.2, 0.25) is 0 Å². The number of nitrogens with one attached hydrogen (secondary N) is 1. The Morgan fingerprint density at radius 2 is 2.00 bits per heavy atom. The van der Waals surface area contributed by atoms with Gasteiger partial charge in [0.05, 0.1) is 0 Å². The molecule has 0 amide bonds. The lowest BCUT2D eigenvalue weighted by Gasteiger charge is -2.30. The molecule has 3 heteroatoms. The highest BCUT2D eigenvalue weighted by molar-refractivity contribution is 5.30. The van der Waals surface area contributed by atoms with Gasteiger partial charge >= 0.3 is 0 Å². The minimum Gasteiger partial charge on any atom is -0.309 e. The Balaban J connectivity index is 1.94. The second-order valence-corrected chi connectivity index (χ2v) is 5.53. The number of aryl methyl sites for hydroxylation is 2. The van der Waals surface area contributed by atoms with Crippen LogP contribution in [0, 0.1) is 19.7 Å². The molecule has 1 aliphatic rings. The number of hydrogen-bond donors (Lipinski definition) is 1. The van der Waals surface area contributed by atoms with Crippen molar-refractivity contribution < 1.29 is 4.39 Å². The Bertz CT molecular complexity index is 394. The lowest BCUT2D eigenvalue weighted by atomic mass is 10.0. The smallest absolute Gasteiger partial charge is 0.129 e. The summed E-state index contributed by atoms with van der Waals surface area (Å²) < 4.78 is 13.5. The predicted molar refractivity (Wildman–Crippen MR) is 73.2 cm³/mol. The highest BCUT2D eigenvalue weighted by atomic mass is 19.1. The Morgan fingerprint density at radius 3 is 2.61 bits per heavy atom. The summed E-state index contributed by atoms with van der Waals surface area (Å²) in [7, 11) is 2.17. The van der Waals surface area contributed by atoms with Crippen LogP contribution in [0.15, 0.2) is 12.1 Å². The molecule has 1 heterocycles. The molecule has 0 aromatic heterocycles. The van der Waals surface area contributed by atoms with Crippen molar-refractivity contribution in [2.45, 2.75) is 39.3 Å². The van der Waals surface area contributed by atoms with Crippen molar-refractivity contribution in [2.75, 3.05) is 20.1 Å². The van der Waals surface area contributed by atoms with Crippen LogP contribution in [0.25, 0.3) is 0 Å². The zero-order valence-electron chi connectivity index (χ0n) is 11.6. The molecule has 100 valence electrons. The zero-order chi connectivity index (χ0) is 13.1. The molecular formula is C15H23FN2. The first-order valence-electron chi connectivity index (χ1n) is 6.74. The van der Waals surface area contributed by atoms with Gasteiger partial charge in [-0.1, -0.05) is 12.1 Å². The normalized spacial score (nSPS) is 21.2. The molecule has 0 bridgehead atoms. The maximum Gasteiger partial charge on any atom is 0.129 e. The lowest BCUT2D eigenvalue weighted by Crippen LogP contribution is -2.43. The van der Waals surface area contributed by atoms with E-state index in [1.165, 1.54) is 24.9 Å². The van der Waals surface area contributed by atoms with Crippen molar-refractivity contribution in [1.29, 1.82) is 0 Å². The summed E-state index contributed by atoms with van der Waals surface area (Å²) in [5, 5.41) is 3.58. The third kappa shape index (κ3) is 3.30. The fourth-order valence-corrected chi connectivity index (χ4v) is 2.73. The number of halogens is 1. The Morgan fingerprint density at radius 1 is 1.33 bits per heavy atom. The van der Waals surface area contributed by atoms with Gasteiger partial charge in [-0.25, -0.2) is 4.39 Å². The van der Waals surface area contributed by atoms with Gasteiger partial charge in [-0.3, -0.25) is 0 Å². The molecular weight excluding hydrogens is 227 g/mol. The second kappa shape index (κ2) is 5.81. The first kappa shape index (κ1) is 13.5. The molecule has 1 aromatic rings. The molecule has 1 atom stereocenters. The topological polar surface area (TPSA) is 15.3 Å². The van der Waals surface area contributed by atoms with Crippen molar-refractivity contribution >= 4 is 0 Å². The highest BCUT2D eigenvalue weighted by Crippen LogP contribution is 2.15. The van der Waals surface area contributed by atoms with Crippen molar-refractivity contribution in [3.63, 3.8) is 0 Å². The van der Waals surface area contributed by atoms with Gasteiger partial charge in [-0.2, -0.15) is 0 Å². The highest BCUT2D eigenvalue weighted by Gasteiger charge is 2.16. The van der Waals surface area contributed by atoms with E-state index < -0.39 is 0 Å². The summed E-state index contributed by atoms with van der Waals surface area (Å²) in [5.74, 6) is -0.0730. The second-order valence-electron chi connectivity index (χ2n) is 5.53. The average Bonchev–Trinajstić information content (AvgIpc) is 2.33. The fourth-order valence-electron chi connectivity index (χ4n) is 2.73. The standard InChI is InChI=1S/C15H23FN2/c1-11-7-13(8-12(2)15(11)16)9-17-14-5-4-6-18(3)10-14/h7-8,14,17H,4-6,9-10H2,1-3H3. The van der Waals surface area contributed by atoms with Crippen LogP contribution < -0.4 is 5.32 Å². The fraction of sp³-hybridized carbons (Fsp3) is 0.600. The molecule has 1 unspecified atom stereocenters. The number of benzene rings is 1. The number of rotatable bonds is 3. The van der Waals surface area contributed by atoms with Crippen LogP contribution in [0.4, 0.5) is 4.39 Å². The third-order valence-electron chi connectivity index (χ3n) is 3.72. The Kier molecular flexibility index (Phi) is 4.36. The van der Waals surface area contributed by atoms with E-state index in [1.54, 1.807) is 0 Å². The molecule has 0 aliphatic carbocycles. The molecule has 0 saturated carbocycles. The molecule has 1 saturated heterocycles. The van der Waals surface area contributed by atoms with E-state index in [0.717, 1.165) is 24.2 Å². The minimum atomic E-state index is -0.0730. The summed E-state index contributed by atoms with van der Waals surface area (Å²) in [5.41, 5.74) is 2.67. The summed E-state index contributed by atoms with van der Waals surface area (Å²) in [4.78, 5) is 2.36. The zero-order valence-corrected chi connectivity index (χ0v) is 11.6. The van der Waals surface area contributed by atoms with Gasteiger partial charge in [0.15, 0.2) is 0 Å².